The van der Waals surface area contributed by atoms with Crippen LogP contribution >= 0.6 is 0 Å². The van der Waals surface area contributed by atoms with Crippen molar-refractivity contribution in [3.05, 3.63) is 24.3 Å². The van der Waals surface area contributed by atoms with E-state index in [4.69, 9.17) is 9.84 Å². The smallest absolute Gasteiger partial charge is 0.471 e. The lowest BCUT2D eigenvalue weighted by Gasteiger charge is -2.15. The van der Waals surface area contributed by atoms with E-state index in [1.807, 2.05) is 0 Å². The Hall–Kier alpha value is -2.45. The fraction of sp³-hybridized carbons (Fsp3) is 0.385. The average Bonchev–Trinajstić information content (AvgIpc) is 2.44. The first-order chi connectivity index (χ1) is 10.2. The molecule has 1 aromatic rings. The SMILES string of the molecule is CC(Oc1ccc(O)cc1)C(=O)NCCNC(=O)C(F)(F)F. The number of amides is 2. The monoisotopic (exact) mass is 320 g/mol. The van der Waals surface area contributed by atoms with Crippen LogP contribution in [-0.2, 0) is 9.59 Å². The van der Waals surface area contributed by atoms with Crippen molar-refractivity contribution in [2.75, 3.05) is 13.1 Å². The number of halogens is 3. The van der Waals surface area contributed by atoms with Crippen molar-refractivity contribution in [2.45, 2.75) is 19.2 Å². The number of aromatic hydroxyl groups is 1. The van der Waals surface area contributed by atoms with Crippen molar-refractivity contribution in [1.29, 1.82) is 0 Å². The van der Waals surface area contributed by atoms with Gasteiger partial charge in [0, 0.05) is 13.1 Å². The number of hydrogen-bond acceptors (Lipinski definition) is 4. The largest absolute Gasteiger partial charge is 0.508 e. The van der Waals surface area contributed by atoms with Crippen LogP contribution in [-0.4, -0.2) is 42.3 Å². The van der Waals surface area contributed by atoms with Gasteiger partial charge in [0.25, 0.3) is 5.91 Å². The first-order valence-corrected chi connectivity index (χ1v) is 6.28. The van der Waals surface area contributed by atoms with Crippen molar-refractivity contribution in [3.63, 3.8) is 0 Å². The number of hydrogen-bond donors (Lipinski definition) is 3. The summed E-state index contributed by atoms with van der Waals surface area (Å²) in [5.74, 6) is -2.21. The summed E-state index contributed by atoms with van der Waals surface area (Å²) >= 11 is 0. The van der Waals surface area contributed by atoms with Gasteiger partial charge in [0.1, 0.15) is 11.5 Å². The Labute approximate surface area is 124 Å². The van der Waals surface area contributed by atoms with E-state index in [1.54, 1.807) is 5.32 Å². The van der Waals surface area contributed by atoms with Gasteiger partial charge in [-0.3, -0.25) is 9.59 Å². The van der Waals surface area contributed by atoms with Crippen LogP contribution < -0.4 is 15.4 Å². The van der Waals surface area contributed by atoms with Gasteiger partial charge in [-0.1, -0.05) is 0 Å². The summed E-state index contributed by atoms with van der Waals surface area (Å²) in [6.07, 6.45) is -5.83. The van der Waals surface area contributed by atoms with E-state index in [-0.39, 0.29) is 18.8 Å². The Morgan fingerprint density at radius 1 is 1.18 bits per heavy atom. The lowest BCUT2D eigenvalue weighted by Crippen LogP contribution is -2.43. The molecule has 1 rings (SSSR count). The molecule has 1 atom stereocenters. The molecular weight excluding hydrogens is 305 g/mol. The standard InChI is InChI=1S/C13H15F3N2O4/c1-8(22-10-4-2-9(19)3-5-10)11(20)17-6-7-18-12(21)13(14,15)16/h2-5,8,19H,6-7H2,1H3,(H,17,20)(H,18,21). The maximum Gasteiger partial charge on any atom is 0.471 e. The van der Waals surface area contributed by atoms with Gasteiger partial charge in [0.05, 0.1) is 0 Å². The highest BCUT2D eigenvalue weighted by atomic mass is 19.4. The molecule has 0 saturated heterocycles. The third kappa shape index (κ3) is 5.90. The Balaban J connectivity index is 2.30. The lowest BCUT2D eigenvalue weighted by atomic mass is 10.3. The summed E-state index contributed by atoms with van der Waals surface area (Å²) in [5, 5.41) is 13.0. The molecule has 0 aliphatic carbocycles. The molecule has 0 bridgehead atoms. The Morgan fingerprint density at radius 2 is 1.73 bits per heavy atom. The number of ether oxygens (including phenoxy) is 1. The maximum absolute atomic E-state index is 11.9. The van der Waals surface area contributed by atoms with Gasteiger partial charge in [0.2, 0.25) is 0 Å². The highest BCUT2D eigenvalue weighted by molar-refractivity contribution is 5.82. The minimum atomic E-state index is -4.95. The van der Waals surface area contributed by atoms with E-state index in [0.717, 1.165) is 0 Å². The zero-order valence-electron chi connectivity index (χ0n) is 11.6. The van der Waals surface area contributed by atoms with E-state index < -0.39 is 24.1 Å². The average molecular weight is 320 g/mol. The summed E-state index contributed by atoms with van der Waals surface area (Å²) in [4.78, 5) is 22.2. The number of nitrogens with one attached hydrogen (secondary N) is 2. The lowest BCUT2D eigenvalue weighted by molar-refractivity contribution is -0.173. The predicted octanol–water partition coefficient (Wildman–Crippen LogP) is 0.954. The van der Waals surface area contributed by atoms with E-state index in [1.165, 1.54) is 31.2 Å². The topological polar surface area (TPSA) is 87.7 Å². The van der Waals surface area contributed by atoms with Crippen LogP contribution in [0.5, 0.6) is 11.5 Å². The van der Waals surface area contributed by atoms with Crippen LogP contribution in [0.3, 0.4) is 0 Å². The summed E-state index contributed by atoms with van der Waals surface area (Å²) in [7, 11) is 0. The third-order valence-electron chi connectivity index (χ3n) is 2.49. The molecule has 0 aromatic heterocycles. The number of phenols is 1. The minimum absolute atomic E-state index is 0.0462. The number of carbonyl (C=O) groups excluding carboxylic acids is 2. The second-order valence-corrected chi connectivity index (χ2v) is 4.30. The molecule has 122 valence electrons. The molecule has 9 heteroatoms. The molecule has 3 N–H and O–H groups in total. The first kappa shape index (κ1) is 17.6. The van der Waals surface area contributed by atoms with Gasteiger partial charge in [0.15, 0.2) is 6.10 Å². The zero-order chi connectivity index (χ0) is 16.8. The number of rotatable bonds is 6. The molecule has 0 aliphatic rings. The van der Waals surface area contributed by atoms with E-state index >= 15 is 0 Å². The fourth-order valence-electron chi connectivity index (χ4n) is 1.39. The van der Waals surface area contributed by atoms with Gasteiger partial charge in [-0.25, -0.2) is 0 Å². The maximum atomic E-state index is 11.9. The Morgan fingerprint density at radius 3 is 2.27 bits per heavy atom. The van der Waals surface area contributed by atoms with Gasteiger partial charge < -0.3 is 20.5 Å². The molecule has 0 heterocycles. The first-order valence-electron chi connectivity index (χ1n) is 6.28. The molecular formula is C13H15F3N2O4. The van der Waals surface area contributed by atoms with Gasteiger partial charge in [-0.2, -0.15) is 13.2 Å². The van der Waals surface area contributed by atoms with Crippen molar-refractivity contribution in [1.82, 2.24) is 10.6 Å². The van der Waals surface area contributed by atoms with E-state index in [0.29, 0.717) is 5.75 Å². The Kier molecular flexibility index (Phi) is 6.02. The minimum Gasteiger partial charge on any atom is -0.508 e. The molecule has 0 spiro atoms. The van der Waals surface area contributed by atoms with E-state index in [2.05, 4.69) is 5.32 Å². The fourth-order valence-corrected chi connectivity index (χ4v) is 1.39. The van der Waals surface area contributed by atoms with Crippen LogP contribution in [0.15, 0.2) is 24.3 Å². The Bertz CT molecular complexity index is 517. The second kappa shape index (κ2) is 7.53. The van der Waals surface area contributed by atoms with Crippen molar-refractivity contribution < 1.29 is 32.6 Å². The summed E-state index contributed by atoms with van der Waals surface area (Å²) in [6, 6.07) is 5.69. The number of phenolic OH excluding ortho intramolecular Hbond substituents is 1. The molecule has 6 nitrogen and oxygen atoms in total. The van der Waals surface area contributed by atoms with Crippen LogP contribution in [0, 0.1) is 0 Å². The highest BCUT2D eigenvalue weighted by Crippen LogP contribution is 2.17. The molecule has 0 radical (unpaired) electrons. The van der Waals surface area contributed by atoms with Crippen LogP contribution in [0.25, 0.3) is 0 Å². The molecule has 1 aromatic carbocycles. The van der Waals surface area contributed by atoms with Crippen molar-refractivity contribution in [2.24, 2.45) is 0 Å². The molecule has 0 fully saturated rings. The summed E-state index contributed by atoms with van der Waals surface area (Å²) in [6.45, 7) is 0.941. The summed E-state index contributed by atoms with van der Waals surface area (Å²) < 4.78 is 41.0. The predicted molar refractivity (Wildman–Crippen MR) is 70.3 cm³/mol. The molecule has 0 saturated carbocycles. The van der Waals surface area contributed by atoms with E-state index in [9.17, 15) is 22.8 Å². The molecule has 2 amide bonds. The number of alkyl halides is 3. The number of carbonyl (C=O) groups is 2. The van der Waals surface area contributed by atoms with Crippen molar-refractivity contribution >= 4 is 11.8 Å². The molecule has 0 aliphatic heterocycles. The normalized spacial score (nSPS) is 12.4. The third-order valence-corrected chi connectivity index (χ3v) is 2.49. The quantitative estimate of drug-likeness (QED) is 0.681. The van der Waals surface area contributed by atoms with Gasteiger partial charge in [-0.15, -0.1) is 0 Å². The van der Waals surface area contributed by atoms with Crippen LogP contribution in [0.2, 0.25) is 0 Å². The van der Waals surface area contributed by atoms with Gasteiger partial charge >= 0.3 is 12.1 Å². The second-order valence-electron chi connectivity index (χ2n) is 4.30. The number of benzene rings is 1. The van der Waals surface area contributed by atoms with Gasteiger partial charge in [-0.05, 0) is 31.2 Å². The van der Waals surface area contributed by atoms with Crippen LogP contribution in [0.4, 0.5) is 13.2 Å². The molecule has 22 heavy (non-hydrogen) atoms. The summed E-state index contributed by atoms with van der Waals surface area (Å²) in [5.41, 5.74) is 0. The molecule has 1 unspecified atom stereocenters. The highest BCUT2D eigenvalue weighted by Gasteiger charge is 2.38. The van der Waals surface area contributed by atoms with Crippen molar-refractivity contribution in [3.8, 4) is 11.5 Å². The zero-order valence-corrected chi connectivity index (χ0v) is 11.6. The van der Waals surface area contributed by atoms with Crippen LogP contribution in [0.1, 0.15) is 6.92 Å².